The van der Waals surface area contributed by atoms with Crippen LogP contribution in [0.3, 0.4) is 0 Å². The molecule has 4 amide bonds. The van der Waals surface area contributed by atoms with Gasteiger partial charge in [0.25, 0.3) is 11.8 Å². The maximum atomic E-state index is 15.5. The highest BCUT2D eigenvalue weighted by Crippen LogP contribution is 2.66. The number of aliphatic carboxylic acids is 1. The van der Waals surface area contributed by atoms with Crippen LogP contribution in [0.2, 0.25) is 10.0 Å². The number of amides is 4. The largest absolute Gasteiger partial charge is 0.507 e. The molecular weight excluding hydrogens is 741 g/mol. The van der Waals surface area contributed by atoms with Crippen LogP contribution in [0, 0.1) is 23.7 Å². The first-order valence-electron chi connectivity index (χ1n) is 17.3. The van der Waals surface area contributed by atoms with E-state index in [0.29, 0.717) is 21.9 Å². The van der Waals surface area contributed by atoms with Crippen molar-refractivity contribution in [2.24, 2.45) is 23.7 Å². The number of carboxylic acids is 1. The molecule has 3 aromatic rings. The van der Waals surface area contributed by atoms with E-state index in [0.717, 1.165) is 9.91 Å². The number of allylic oxidation sites excluding steroid dienone is 2. The molecule has 2 saturated heterocycles. The summed E-state index contributed by atoms with van der Waals surface area (Å²) in [6.07, 6.45) is 1.84. The number of phenolic OH excluding ortho intramolecular Hbond substituents is 1. The van der Waals surface area contributed by atoms with E-state index in [1.807, 2.05) is 6.08 Å². The first kappa shape index (κ1) is 37.1. The molecule has 13 nitrogen and oxygen atoms in total. The van der Waals surface area contributed by atoms with Crippen LogP contribution in [0.15, 0.2) is 66.2 Å². The van der Waals surface area contributed by atoms with E-state index in [2.05, 4.69) is 5.43 Å². The Morgan fingerprint density at radius 1 is 0.907 bits per heavy atom. The number of hydrogen-bond acceptors (Lipinski definition) is 10. The molecule has 7 rings (SSSR count). The van der Waals surface area contributed by atoms with Gasteiger partial charge in [-0.2, -0.15) is 5.01 Å². The molecule has 0 radical (unpaired) electrons. The fourth-order valence-electron chi connectivity index (χ4n) is 9.00. The number of nitrogens with zero attached hydrogens (tertiary/aromatic N) is 2. The Morgan fingerprint density at radius 3 is 2.28 bits per heavy atom. The highest BCUT2D eigenvalue weighted by Gasteiger charge is 2.71. The van der Waals surface area contributed by atoms with E-state index in [9.17, 15) is 29.4 Å². The number of imide groups is 2. The average molecular weight is 779 g/mol. The third kappa shape index (κ3) is 5.72. The van der Waals surface area contributed by atoms with Gasteiger partial charge in [-0.1, -0.05) is 47.0 Å². The number of fused-ring (bicyclic) bond motifs is 4. The molecule has 15 heteroatoms. The van der Waals surface area contributed by atoms with Crippen LogP contribution in [-0.2, 0) is 29.4 Å². The van der Waals surface area contributed by atoms with Gasteiger partial charge in [0.2, 0.25) is 11.8 Å². The number of hydrazine groups is 1. The number of hydrogen-bond donors (Lipinski definition) is 3. The molecule has 4 aliphatic rings. The van der Waals surface area contributed by atoms with Crippen LogP contribution in [0.1, 0.15) is 42.7 Å². The third-order valence-corrected chi connectivity index (χ3v) is 11.8. The number of phenols is 1. The van der Waals surface area contributed by atoms with Gasteiger partial charge in [0.05, 0.1) is 55.2 Å². The quantitative estimate of drug-likeness (QED) is 0.164. The second-order valence-electron chi connectivity index (χ2n) is 13.8. The molecule has 2 aliphatic heterocycles. The second-order valence-corrected chi connectivity index (χ2v) is 14.6. The van der Waals surface area contributed by atoms with Gasteiger partial charge in [-0.05, 0) is 61.1 Å². The molecule has 3 aromatic carbocycles. The Balaban J connectivity index is 1.46. The molecule has 0 bridgehead atoms. The average Bonchev–Trinajstić information content (AvgIpc) is 3.52. The normalized spacial score (nSPS) is 25.9. The lowest BCUT2D eigenvalue weighted by Gasteiger charge is -2.50. The van der Waals surface area contributed by atoms with Gasteiger partial charge < -0.3 is 24.4 Å². The lowest BCUT2D eigenvalue weighted by Crippen LogP contribution is -2.53. The number of carbonyl (C=O) groups excluding carboxylic acids is 4. The number of likely N-dealkylation sites (tertiary alicyclic amines) is 1. The highest BCUT2D eigenvalue weighted by molar-refractivity contribution is 6.36. The minimum absolute atomic E-state index is 0.00610. The summed E-state index contributed by atoms with van der Waals surface area (Å²) in [7, 11) is 4.34. The summed E-state index contributed by atoms with van der Waals surface area (Å²) in [5.74, 6) is -7.15. The number of ether oxygens (including phenoxy) is 3. The number of halogens is 2. The molecule has 54 heavy (non-hydrogen) atoms. The monoisotopic (exact) mass is 777 g/mol. The predicted octanol–water partition coefficient (Wildman–Crippen LogP) is 5.57. The summed E-state index contributed by atoms with van der Waals surface area (Å²) in [5, 5.41) is 22.5. The predicted molar refractivity (Wildman–Crippen MR) is 195 cm³/mol. The van der Waals surface area contributed by atoms with E-state index < -0.39 is 64.6 Å². The summed E-state index contributed by atoms with van der Waals surface area (Å²) in [6.45, 7) is -0.0638. The Morgan fingerprint density at radius 2 is 1.63 bits per heavy atom. The fourth-order valence-corrected chi connectivity index (χ4v) is 9.45. The van der Waals surface area contributed by atoms with Crippen molar-refractivity contribution in [2.45, 2.75) is 37.0 Å². The van der Waals surface area contributed by atoms with Crippen LogP contribution in [0.25, 0.3) is 0 Å². The number of aromatic hydroxyl groups is 1. The lowest BCUT2D eigenvalue weighted by molar-refractivity contribution is -0.142. The van der Waals surface area contributed by atoms with Gasteiger partial charge in [-0.25, -0.2) is 0 Å². The van der Waals surface area contributed by atoms with Crippen LogP contribution in [0.4, 0.5) is 5.69 Å². The SMILES string of the molecule is COc1ccc(C23C(=O)N(Nc4ccc(Cl)cc4Cl)C(=O)C2CC2C(=CCC4C(=O)N(CCCC(=O)O)C(=O)C42)C3c2c(O)cc(OC)cc2OC)cc1. The molecule has 2 aliphatic carbocycles. The van der Waals surface area contributed by atoms with E-state index in [4.69, 9.17) is 37.4 Å². The van der Waals surface area contributed by atoms with E-state index >= 15 is 4.79 Å². The van der Waals surface area contributed by atoms with E-state index in [1.165, 1.54) is 39.5 Å². The van der Waals surface area contributed by atoms with E-state index in [1.54, 1.807) is 36.4 Å². The maximum absolute atomic E-state index is 15.5. The summed E-state index contributed by atoms with van der Waals surface area (Å²) in [4.78, 5) is 70.8. The van der Waals surface area contributed by atoms with Crippen molar-refractivity contribution < 1.29 is 48.4 Å². The van der Waals surface area contributed by atoms with Crippen molar-refractivity contribution in [3.63, 3.8) is 0 Å². The zero-order valence-electron chi connectivity index (χ0n) is 29.5. The van der Waals surface area contributed by atoms with Gasteiger partial charge in [0, 0.05) is 41.6 Å². The number of anilines is 1. The minimum Gasteiger partial charge on any atom is -0.507 e. The zero-order valence-corrected chi connectivity index (χ0v) is 31.0. The van der Waals surface area contributed by atoms with Crippen LogP contribution < -0.4 is 19.6 Å². The van der Waals surface area contributed by atoms with Crippen LogP contribution >= 0.6 is 23.2 Å². The van der Waals surface area contributed by atoms with Crippen molar-refractivity contribution >= 4 is 58.5 Å². The maximum Gasteiger partial charge on any atom is 0.303 e. The fraction of sp³-hybridized carbons (Fsp3) is 0.359. The third-order valence-electron chi connectivity index (χ3n) is 11.3. The van der Waals surface area contributed by atoms with Gasteiger partial charge >= 0.3 is 5.97 Å². The van der Waals surface area contributed by atoms with Gasteiger partial charge in [0.1, 0.15) is 23.0 Å². The Bertz CT molecular complexity index is 2110. The standard InChI is InChI=1S/C39H37Cl2N3O10/c1-52-21-9-6-19(7-10-21)39-26(36(49)44(38(39)51)42-28-13-8-20(40)15-27(28)41)18-25-23(34(39)33-29(45)16-22(53-2)17-30(33)54-3)11-12-24-32(25)37(50)43(35(24)48)14-4-5-31(46)47/h6-11,13,15-17,24-26,32,34,42,45H,4-5,12,14,18H2,1-3H3,(H,46,47). The van der Waals surface area contributed by atoms with Crippen molar-refractivity contribution in [3.05, 3.63) is 87.4 Å². The zero-order chi connectivity index (χ0) is 38.6. The molecule has 6 atom stereocenters. The molecule has 0 spiro atoms. The molecule has 1 saturated carbocycles. The number of rotatable bonds is 11. The molecule has 3 N–H and O–H groups in total. The summed E-state index contributed by atoms with van der Waals surface area (Å²) < 4.78 is 16.7. The van der Waals surface area contributed by atoms with Gasteiger partial charge in [0.15, 0.2) is 0 Å². The highest BCUT2D eigenvalue weighted by atomic mass is 35.5. The number of carbonyl (C=O) groups is 5. The minimum atomic E-state index is -1.74. The summed E-state index contributed by atoms with van der Waals surface area (Å²) >= 11 is 12.7. The van der Waals surface area contributed by atoms with Crippen molar-refractivity contribution in [1.82, 2.24) is 9.91 Å². The molecule has 2 heterocycles. The van der Waals surface area contributed by atoms with E-state index in [-0.39, 0.29) is 65.8 Å². The molecule has 0 aromatic heterocycles. The summed E-state index contributed by atoms with van der Waals surface area (Å²) in [6, 6.07) is 14.3. The smallest absolute Gasteiger partial charge is 0.303 e. The molecule has 282 valence electrons. The number of methoxy groups -OCH3 is 3. The molecule has 6 unspecified atom stereocenters. The first-order valence-corrected chi connectivity index (χ1v) is 18.1. The molecular formula is C39H37Cl2N3O10. The lowest BCUT2D eigenvalue weighted by atomic mass is 9.49. The topological polar surface area (TPSA) is 172 Å². The number of nitrogens with one attached hydrogen (secondary N) is 1. The van der Waals surface area contributed by atoms with Crippen LogP contribution in [-0.4, -0.2) is 77.6 Å². The van der Waals surface area contributed by atoms with Gasteiger partial charge in [-0.15, -0.1) is 0 Å². The Hall–Kier alpha value is -5.27. The van der Waals surface area contributed by atoms with Crippen molar-refractivity contribution in [1.29, 1.82) is 0 Å². The van der Waals surface area contributed by atoms with Gasteiger partial charge in [-0.3, -0.25) is 34.3 Å². The number of benzene rings is 3. The second kappa shape index (κ2) is 14.2. The Labute approximate surface area is 320 Å². The van der Waals surface area contributed by atoms with Crippen molar-refractivity contribution in [3.8, 4) is 23.0 Å². The van der Waals surface area contributed by atoms with Crippen LogP contribution in [0.5, 0.6) is 23.0 Å². The molecule has 3 fully saturated rings. The van der Waals surface area contributed by atoms with Crippen molar-refractivity contribution in [2.75, 3.05) is 33.3 Å². The Kier molecular flexibility index (Phi) is 9.73. The summed E-state index contributed by atoms with van der Waals surface area (Å²) in [5.41, 5.74) is 2.64. The first-order chi connectivity index (χ1) is 25.9. The number of carboxylic acid groups (broad SMARTS) is 1.